The number of hydrogen-bond donors (Lipinski definition) is 0. The van der Waals surface area contributed by atoms with Gasteiger partial charge in [0, 0.05) is 98.9 Å². The van der Waals surface area contributed by atoms with Crippen molar-refractivity contribution in [2.45, 2.75) is 13.2 Å². The molecule has 0 N–H and O–H groups in total. The molecule has 2 aromatic carbocycles. The van der Waals surface area contributed by atoms with Crippen molar-refractivity contribution in [2.75, 3.05) is 160 Å². The van der Waals surface area contributed by atoms with Gasteiger partial charge >= 0.3 is 0 Å². The van der Waals surface area contributed by atoms with Gasteiger partial charge in [0.15, 0.2) is 0 Å². The Kier molecular flexibility index (Phi) is 21.5. The quantitative estimate of drug-likeness (QED) is 0.0775. The van der Waals surface area contributed by atoms with E-state index in [-0.39, 0.29) is 13.2 Å². The number of ether oxygens (including phenoxy) is 12. The summed E-state index contributed by atoms with van der Waals surface area (Å²) in [6.45, 7) is 6.04. The van der Waals surface area contributed by atoms with Crippen LogP contribution < -0.4 is 28.7 Å². The monoisotopic (exact) mass is 794 g/mol. The Labute approximate surface area is 331 Å². The van der Waals surface area contributed by atoms with Crippen LogP contribution in [0.1, 0.15) is 11.1 Å². The second-order valence-electron chi connectivity index (χ2n) is 12.5. The van der Waals surface area contributed by atoms with Crippen LogP contribution in [0.4, 0.5) is 11.4 Å². The summed E-state index contributed by atoms with van der Waals surface area (Å²) in [5.41, 5.74) is 5.32. The molecule has 0 aliphatic carbocycles. The third kappa shape index (κ3) is 13.9. The number of rotatable bonds is 30. The molecule has 1 aromatic heterocycles. The van der Waals surface area contributed by atoms with Gasteiger partial charge in [0.05, 0.1) is 132 Å². The highest BCUT2D eigenvalue weighted by atomic mass is 32.1. The number of methoxy groups -OCH3 is 6. The van der Waals surface area contributed by atoms with E-state index in [1.54, 1.807) is 54.0 Å². The number of anilines is 2. The summed E-state index contributed by atoms with van der Waals surface area (Å²) in [5.74, 6) is 2.63. The van der Waals surface area contributed by atoms with Gasteiger partial charge in [0.2, 0.25) is 0 Å². The minimum absolute atomic E-state index is 0.260. The molecule has 0 spiro atoms. The molecule has 55 heavy (non-hydrogen) atoms. The van der Waals surface area contributed by atoms with Crippen molar-refractivity contribution in [1.82, 2.24) is 0 Å². The predicted molar refractivity (Wildman–Crippen MR) is 216 cm³/mol. The lowest BCUT2D eigenvalue weighted by molar-refractivity contribution is -0.00150. The first-order valence-corrected chi connectivity index (χ1v) is 19.0. The zero-order valence-corrected chi connectivity index (χ0v) is 35.2. The van der Waals surface area contributed by atoms with Crippen molar-refractivity contribution in [3.63, 3.8) is 0 Å². The molecule has 0 fully saturated rings. The van der Waals surface area contributed by atoms with Crippen LogP contribution in [0.2, 0.25) is 0 Å². The molecule has 310 valence electrons. The van der Waals surface area contributed by atoms with Crippen LogP contribution in [0.25, 0.3) is 20.9 Å². The Morgan fingerprint density at radius 2 is 0.673 bits per heavy atom. The molecule has 14 nitrogen and oxygen atoms in total. The molecule has 0 unspecified atom stereocenters. The maximum Gasteiger partial charge on any atom is 0.133 e. The lowest BCUT2D eigenvalue weighted by Crippen LogP contribution is -2.12. The van der Waals surface area contributed by atoms with Gasteiger partial charge in [-0.3, -0.25) is 0 Å². The van der Waals surface area contributed by atoms with Gasteiger partial charge in [-0.1, -0.05) is 0 Å². The minimum atomic E-state index is 0.260. The second-order valence-corrected chi connectivity index (χ2v) is 13.5. The third-order valence-corrected chi connectivity index (χ3v) is 9.74. The molecule has 1 heterocycles. The first-order chi connectivity index (χ1) is 26.8. The molecule has 0 atom stereocenters. The van der Waals surface area contributed by atoms with Crippen LogP contribution >= 0.6 is 11.3 Å². The van der Waals surface area contributed by atoms with Crippen molar-refractivity contribution in [3.05, 3.63) is 35.4 Å². The number of thiophene rings is 1. The Balaban J connectivity index is 2.09. The van der Waals surface area contributed by atoms with Crippen LogP contribution in [0.3, 0.4) is 0 Å². The third-order valence-electron chi connectivity index (χ3n) is 8.43. The summed E-state index contributed by atoms with van der Waals surface area (Å²) in [5, 5.41) is 0. The van der Waals surface area contributed by atoms with E-state index in [0.29, 0.717) is 102 Å². The van der Waals surface area contributed by atoms with E-state index in [4.69, 9.17) is 56.8 Å². The van der Waals surface area contributed by atoms with E-state index in [1.165, 1.54) is 0 Å². The minimum Gasteiger partial charge on any atom is -0.496 e. The Morgan fingerprint density at radius 3 is 0.927 bits per heavy atom. The molecule has 0 saturated carbocycles. The first-order valence-electron chi connectivity index (χ1n) is 18.2. The molecule has 0 saturated heterocycles. The lowest BCUT2D eigenvalue weighted by atomic mass is 9.99. The highest BCUT2D eigenvalue weighted by Gasteiger charge is 2.29. The maximum absolute atomic E-state index is 6.35. The summed E-state index contributed by atoms with van der Waals surface area (Å²) >= 11 is 1.58. The molecule has 3 aromatic rings. The van der Waals surface area contributed by atoms with Crippen molar-refractivity contribution < 1.29 is 56.8 Å². The van der Waals surface area contributed by atoms with Crippen LogP contribution in [0, 0.1) is 0 Å². The molecule has 0 bridgehead atoms. The Bertz CT molecular complexity index is 1370. The normalized spacial score (nSPS) is 11.2. The summed E-state index contributed by atoms with van der Waals surface area (Å²) in [7, 11) is 17.9. The number of nitrogens with zero attached hydrogens (tertiary/aromatic N) is 2. The van der Waals surface area contributed by atoms with E-state index in [9.17, 15) is 0 Å². The SMILES string of the molecule is COCCOCCOCCOCc1c(-c2c(OC)cc(N(C)C)cc2OC)sc(-c2c(OC)cc(N(C)C)cc2OC)c1COCCOCCOCCOC. The Hall–Kier alpha value is -3.38. The number of hydrogen-bond acceptors (Lipinski definition) is 15. The molecule has 3 rings (SSSR count). The van der Waals surface area contributed by atoms with Gasteiger partial charge in [0.25, 0.3) is 0 Å². The van der Waals surface area contributed by atoms with Crippen LogP contribution in [0.5, 0.6) is 23.0 Å². The first kappa shape index (κ1) is 46.0. The molecule has 15 heteroatoms. The fraction of sp³-hybridized carbons (Fsp3) is 0.600. The topological polar surface area (TPSA) is 117 Å². The summed E-state index contributed by atoms with van der Waals surface area (Å²) in [4.78, 5) is 5.84. The van der Waals surface area contributed by atoms with Crippen molar-refractivity contribution in [1.29, 1.82) is 0 Å². The smallest absolute Gasteiger partial charge is 0.133 e. The highest BCUT2D eigenvalue weighted by molar-refractivity contribution is 7.19. The largest absolute Gasteiger partial charge is 0.496 e. The van der Waals surface area contributed by atoms with Crippen molar-refractivity contribution in [2.24, 2.45) is 0 Å². The molecule has 0 radical (unpaired) electrons. The zero-order valence-electron chi connectivity index (χ0n) is 34.4. The fourth-order valence-electron chi connectivity index (χ4n) is 5.48. The van der Waals surface area contributed by atoms with E-state index >= 15 is 0 Å². The van der Waals surface area contributed by atoms with Crippen molar-refractivity contribution in [3.8, 4) is 43.9 Å². The van der Waals surface area contributed by atoms with Gasteiger partial charge in [0.1, 0.15) is 23.0 Å². The summed E-state index contributed by atoms with van der Waals surface area (Å²) < 4.78 is 69.5. The van der Waals surface area contributed by atoms with Crippen LogP contribution in [-0.4, -0.2) is 150 Å². The fourth-order valence-corrected chi connectivity index (χ4v) is 6.90. The van der Waals surface area contributed by atoms with E-state index < -0.39 is 0 Å². The van der Waals surface area contributed by atoms with Crippen LogP contribution in [0.15, 0.2) is 24.3 Å². The van der Waals surface area contributed by atoms with E-state index in [2.05, 4.69) is 0 Å². The van der Waals surface area contributed by atoms with Gasteiger partial charge in [-0.05, 0) is 0 Å². The molecule has 0 aliphatic heterocycles. The molecular weight excluding hydrogens is 733 g/mol. The van der Waals surface area contributed by atoms with Gasteiger partial charge < -0.3 is 66.6 Å². The average molecular weight is 795 g/mol. The van der Waals surface area contributed by atoms with Gasteiger partial charge in [-0.15, -0.1) is 11.3 Å². The van der Waals surface area contributed by atoms with Crippen LogP contribution in [-0.2, 0) is 51.1 Å². The van der Waals surface area contributed by atoms with Gasteiger partial charge in [-0.25, -0.2) is 0 Å². The highest BCUT2D eigenvalue weighted by Crippen LogP contribution is 2.54. The van der Waals surface area contributed by atoms with E-state index in [1.807, 2.05) is 62.3 Å². The van der Waals surface area contributed by atoms with Gasteiger partial charge in [-0.2, -0.15) is 0 Å². The molecular formula is C40H62N2O12S. The molecule has 0 amide bonds. The summed E-state index contributed by atoms with van der Waals surface area (Å²) in [6.07, 6.45) is 0. The molecule has 0 aliphatic rings. The second kappa shape index (κ2) is 25.7. The van der Waals surface area contributed by atoms with E-state index in [0.717, 1.165) is 43.4 Å². The number of benzene rings is 2. The van der Waals surface area contributed by atoms with Crippen molar-refractivity contribution >= 4 is 22.7 Å². The zero-order chi connectivity index (χ0) is 40.0. The summed E-state index contributed by atoms with van der Waals surface area (Å²) in [6, 6.07) is 8.02. The standard InChI is InChI=1S/C40H62N2O12S/c1-41(2)29-23-33(45-7)37(34(24-29)46-8)39-31(27-53-21-19-51-17-15-49-13-11-43-5)32(28-54-22-20-52-18-16-50-14-12-44-6)40(55-39)38-35(47-9)25-30(42(3)4)26-36(38)48-10/h23-26H,11-22,27-28H2,1-10H3. The lowest BCUT2D eigenvalue weighted by Gasteiger charge is -2.20. The predicted octanol–water partition coefficient (Wildman–Crippen LogP) is 5.64. The maximum atomic E-state index is 6.35. The Morgan fingerprint density at radius 1 is 0.400 bits per heavy atom. The average Bonchev–Trinajstić information content (AvgIpc) is 3.54.